The standard InChI is InChI=1S/C5H10O6S/c1-5(2,3)10-4(6)11-12(7,8)9/h1-3H3,(H,7,8,9). The summed E-state index contributed by atoms with van der Waals surface area (Å²) in [7, 11) is -4.77. The fourth-order valence-corrected chi connectivity index (χ4v) is 0.559. The van der Waals surface area contributed by atoms with E-state index in [1.807, 2.05) is 0 Å². The Morgan fingerprint density at radius 1 is 1.33 bits per heavy atom. The van der Waals surface area contributed by atoms with Gasteiger partial charge in [-0.25, -0.2) is 4.79 Å². The summed E-state index contributed by atoms with van der Waals surface area (Å²) in [5, 5.41) is 0. The lowest BCUT2D eigenvalue weighted by Crippen LogP contribution is -2.25. The average Bonchev–Trinajstić information content (AvgIpc) is 1.49. The molecule has 12 heavy (non-hydrogen) atoms. The fourth-order valence-electron chi connectivity index (χ4n) is 0.353. The van der Waals surface area contributed by atoms with Crippen LogP contribution in [0.3, 0.4) is 0 Å². The van der Waals surface area contributed by atoms with Gasteiger partial charge in [0.05, 0.1) is 0 Å². The molecule has 0 aromatic rings. The number of hydrogen-bond donors (Lipinski definition) is 1. The molecule has 0 bridgehead atoms. The van der Waals surface area contributed by atoms with Crippen LogP contribution in [0.5, 0.6) is 0 Å². The van der Waals surface area contributed by atoms with E-state index in [4.69, 9.17) is 4.55 Å². The molecule has 0 aliphatic heterocycles. The number of carbonyl (C=O) groups is 1. The lowest BCUT2D eigenvalue weighted by molar-refractivity contribution is 0.0200. The highest BCUT2D eigenvalue weighted by molar-refractivity contribution is 7.81. The monoisotopic (exact) mass is 198 g/mol. The molecule has 7 heteroatoms. The van der Waals surface area contributed by atoms with Crippen molar-refractivity contribution in [2.45, 2.75) is 26.4 Å². The lowest BCUT2D eigenvalue weighted by Gasteiger charge is -2.17. The number of hydrogen-bond acceptors (Lipinski definition) is 5. The Bertz CT molecular complexity index is 258. The summed E-state index contributed by atoms with van der Waals surface area (Å²) in [5.74, 6) is 0. The topological polar surface area (TPSA) is 89.9 Å². The second-order valence-corrected chi connectivity index (χ2v) is 4.00. The molecule has 6 nitrogen and oxygen atoms in total. The first kappa shape index (κ1) is 11.2. The Hall–Kier alpha value is -0.820. The zero-order chi connectivity index (χ0) is 9.99. The van der Waals surface area contributed by atoms with E-state index < -0.39 is 22.2 Å². The molecule has 0 saturated carbocycles. The normalized spacial score (nSPS) is 12.3. The van der Waals surface area contributed by atoms with E-state index in [9.17, 15) is 13.2 Å². The van der Waals surface area contributed by atoms with Crippen LogP contribution in [-0.2, 0) is 19.3 Å². The predicted molar refractivity (Wildman–Crippen MR) is 38.9 cm³/mol. The molecular formula is C5H10O6S. The van der Waals surface area contributed by atoms with Gasteiger partial charge in [-0.2, -0.15) is 8.42 Å². The Balaban J connectivity index is 4.10. The maximum absolute atomic E-state index is 10.5. The van der Waals surface area contributed by atoms with Crippen LogP contribution in [-0.4, -0.2) is 24.7 Å². The molecule has 0 rings (SSSR count). The molecular weight excluding hydrogens is 188 g/mol. The highest BCUT2D eigenvalue weighted by Gasteiger charge is 2.21. The van der Waals surface area contributed by atoms with Crippen LogP contribution in [0.1, 0.15) is 20.8 Å². The Kier molecular flexibility index (Phi) is 3.05. The van der Waals surface area contributed by atoms with Gasteiger partial charge in [0.1, 0.15) is 5.60 Å². The van der Waals surface area contributed by atoms with E-state index in [0.29, 0.717) is 0 Å². The summed E-state index contributed by atoms with van der Waals surface area (Å²) >= 11 is 0. The molecule has 0 atom stereocenters. The van der Waals surface area contributed by atoms with Gasteiger partial charge in [-0.1, -0.05) is 0 Å². The summed E-state index contributed by atoms with van der Waals surface area (Å²) in [4.78, 5) is 10.5. The third-order valence-electron chi connectivity index (χ3n) is 0.563. The van der Waals surface area contributed by atoms with Crippen molar-refractivity contribution in [2.24, 2.45) is 0 Å². The van der Waals surface area contributed by atoms with Gasteiger partial charge in [-0.05, 0) is 20.8 Å². The molecule has 0 amide bonds. The minimum atomic E-state index is -4.77. The van der Waals surface area contributed by atoms with Crippen LogP contribution in [0, 0.1) is 0 Å². The van der Waals surface area contributed by atoms with Crippen LogP contribution < -0.4 is 0 Å². The first-order chi connectivity index (χ1) is 5.10. The molecule has 0 heterocycles. The van der Waals surface area contributed by atoms with E-state index in [1.165, 1.54) is 20.8 Å². The second kappa shape index (κ2) is 3.28. The summed E-state index contributed by atoms with van der Waals surface area (Å²) in [5.41, 5.74) is -0.859. The molecule has 0 spiro atoms. The van der Waals surface area contributed by atoms with Crippen molar-refractivity contribution in [2.75, 3.05) is 0 Å². The molecule has 0 radical (unpaired) electrons. The Labute approximate surface area is 70.4 Å². The van der Waals surface area contributed by atoms with Crippen LogP contribution in [0.2, 0.25) is 0 Å². The SMILES string of the molecule is CC(C)(C)OC(=O)OS(=O)(=O)O. The van der Waals surface area contributed by atoms with Crippen LogP contribution in [0.25, 0.3) is 0 Å². The highest BCUT2D eigenvalue weighted by Crippen LogP contribution is 2.08. The third kappa shape index (κ3) is 7.29. The van der Waals surface area contributed by atoms with Crippen molar-refractivity contribution in [3.05, 3.63) is 0 Å². The Morgan fingerprint density at radius 3 is 2.00 bits per heavy atom. The van der Waals surface area contributed by atoms with E-state index in [2.05, 4.69) is 8.92 Å². The van der Waals surface area contributed by atoms with Crippen LogP contribution >= 0.6 is 0 Å². The minimum Gasteiger partial charge on any atom is -0.428 e. The van der Waals surface area contributed by atoms with Crippen molar-refractivity contribution in [1.82, 2.24) is 0 Å². The van der Waals surface area contributed by atoms with E-state index in [0.717, 1.165) is 0 Å². The van der Waals surface area contributed by atoms with Gasteiger partial charge in [0, 0.05) is 0 Å². The first-order valence-corrected chi connectivity index (χ1v) is 4.36. The highest BCUT2D eigenvalue weighted by atomic mass is 32.3. The maximum Gasteiger partial charge on any atom is 0.526 e. The first-order valence-electron chi connectivity index (χ1n) is 3.00. The number of carbonyl (C=O) groups excluding carboxylic acids is 1. The van der Waals surface area contributed by atoms with Gasteiger partial charge >= 0.3 is 16.6 Å². The molecule has 0 unspecified atom stereocenters. The smallest absolute Gasteiger partial charge is 0.428 e. The zero-order valence-electron chi connectivity index (χ0n) is 6.90. The second-order valence-electron chi connectivity index (χ2n) is 2.98. The molecule has 0 aromatic carbocycles. The summed E-state index contributed by atoms with van der Waals surface area (Å²) < 4.78 is 35.8. The van der Waals surface area contributed by atoms with Gasteiger partial charge in [0.25, 0.3) is 0 Å². The molecule has 0 aliphatic carbocycles. The third-order valence-corrected chi connectivity index (χ3v) is 0.910. The van der Waals surface area contributed by atoms with E-state index in [1.54, 1.807) is 0 Å². The van der Waals surface area contributed by atoms with Gasteiger partial charge < -0.3 is 4.74 Å². The fraction of sp³-hybridized carbons (Fsp3) is 0.800. The van der Waals surface area contributed by atoms with Gasteiger partial charge in [-0.3, -0.25) is 8.74 Å². The molecule has 1 N–H and O–H groups in total. The van der Waals surface area contributed by atoms with Crippen molar-refractivity contribution >= 4 is 16.6 Å². The molecule has 0 aromatic heterocycles. The quantitative estimate of drug-likeness (QED) is 0.493. The molecule has 0 saturated heterocycles. The number of ether oxygens (including phenoxy) is 1. The van der Waals surface area contributed by atoms with Gasteiger partial charge in [-0.15, -0.1) is 0 Å². The van der Waals surface area contributed by atoms with Crippen molar-refractivity contribution in [3.63, 3.8) is 0 Å². The van der Waals surface area contributed by atoms with Crippen LogP contribution in [0.15, 0.2) is 0 Å². The predicted octanol–water partition coefficient (Wildman–Crippen LogP) is 0.741. The van der Waals surface area contributed by atoms with E-state index in [-0.39, 0.29) is 0 Å². The zero-order valence-corrected chi connectivity index (χ0v) is 7.71. The van der Waals surface area contributed by atoms with Crippen molar-refractivity contribution in [3.8, 4) is 0 Å². The Morgan fingerprint density at radius 2 is 1.75 bits per heavy atom. The van der Waals surface area contributed by atoms with Gasteiger partial charge in [0.15, 0.2) is 0 Å². The van der Waals surface area contributed by atoms with Crippen molar-refractivity contribution in [1.29, 1.82) is 0 Å². The summed E-state index contributed by atoms with van der Waals surface area (Å²) in [6.07, 6.45) is -1.45. The maximum atomic E-state index is 10.5. The molecule has 0 fully saturated rings. The lowest BCUT2D eigenvalue weighted by atomic mass is 10.2. The number of rotatable bonds is 1. The molecule has 0 aliphatic rings. The van der Waals surface area contributed by atoms with Crippen molar-refractivity contribution < 1.29 is 26.7 Å². The van der Waals surface area contributed by atoms with E-state index >= 15 is 0 Å². The summed E-state index contributed by atoms with van der Waals surface area (Å²) in [6.45, 7) is 4.58. The minimum absolute atomic E-state index is 0.859. The largest absolute Gasteiger partial charge is 0.526 e. The van der Waals surface area contributed by atoms with Crippen LogP contribution in [0.4, 0.5) is 4.79 Å². The summed E-state index contributed by atoms with van der Waals surface area (Å²) in [6, 6.07) is 0. The van der Waals surface area contributed by atoms with Gasteiger partial charge in [0.2, 0.25) is 0 Å². The molecule has 72 valence electrons. The average molecular weight is 198 g/mol.